The third-order valence-electron chi connectivity index (χ3n) is 7.10. The van der Waals surface area contributed by atoms with Crippen LogP contribution in [0.25, 0.3) is 32.9 Å². The van der Waals surface area contributed by atoms with E-state index in [9.17, 15) is 0 Å². The maximum absolute atomic E-state index is 6.05. The van der Waals surface area contributed by atoms with E-state index < -0.39 is 0 Å². The summed E-state index contributed by atoms with van der Waals surface area (Å²) in [6.45, 7) is 1.98. The van der Waals surface area contributed by atoms with Crippen molar-refractivity contribution in [2.24, 2.45) is 7.05 Å². The second-order valence-electron chi connectivity index (χ2n) is 9.44. The van der Waals surface area contributed by atoms with Gasteiger partial charge < -0.3 is 23.5 Å². The number of pyridine rings is 2. The van der Waals surface area contributed by atoms with Crippen LogP contribution in [0.3, 0.4) is 0 Å². The molecule has 6 rings (SSSR count). The number of aryl methyl sites for hydroxylation is 1. The molecular weight excluding hydrogens is 442 g/mol. The summed E-state index contributed by atoms with van der Waals surface area (Å²) in [4.78, 5) is 8.85. The normalized spacial score (nSPS) is 22.4. The van der Waals surface area contributed by atoms with Crippen LogP contribution in [-0.4, -0.2) is 52.9 Å². The van der Waals surface area contributed by atoms with Crippen molar-refractivity contribution in [2.45, 2.75) is 50.6 Å². The maximum atomic E-state index is 6.05. The highest BCUT2D eigenvalue weighted by Gasteiger charge is 2.32. The van der Waals surface area contributed by atoms with Gasteiger partial charge in [0, 0.05) is 73.0 Å². The molecule has 2 fully saturated rings. The van der Waals surface area contributed by atoms with Gasteiger partial charge in [-0.2, -0.15) is 0 Å². The zero-order chi connectivity index (χ0) is 23.6. The predicted octanol–water partition coefficient (Wildman–Crippen LogP) is 5.26. The highest BCUT2D eigenvalue weighted by atomic mass is 16.7. The van der Waals surface area contributed by atoms with Crippen LogP contribution in [0.15, 0.2) is 55.0 Å². The van der Waals surface area contributed by atoms with Crippen LogP contribution in [0.2, 0.25) is 0 Å². The van der Waals surface area contributed by atoms with Crippen LogP contribution in [0.4, 0.5) is 0 Å². The summed E-state index contributed by atoms with van der Waals surface area (Å²) >= 11 is 0. The van der Waals surface area contributed by atoms with E-state index in [1.807, 2.05) is 24.7 Å². The van der Waals surface area contributed by atoms with Crippen LogP contribution in [-0.2, 0) is 21.3 Å². The third-order valence-corrected chi connectivity index (χ3v) is 7.10. The molecule has 1 aliphatic carbocycles. The van der Waals surface area contributed by atoms with E-state index >= 15 is 0 Å². The van der Waals surface area contributed by atoms with E-state index in [0.717, 1.165) is 43.4 Å². The van der Waals surface area contributed by atoms with Crippen molar-refractivity contribution in [1.29, 1.82) is 0 Å². The third kappa shape index (κ3) is 4.76. The van der Waals surface area contributed by atoms with E-state index in [2.05, 4.69) is 51.9 Å². The molecule has 7 nitrogen and oxygen atoms in total. The second kappa shape index (κ2) is 9.93. The first-order chi connectivity index (χ1) is 17.2. The molecule has 1 saturated carbocycles. The molecule has 35 heavy (non-hydrogen) atoms. The SMILES string of the molecule is Cn1c2ccncc2c2ccc(-c3ccc(O[C@H]4C[C@H](OCCOC5CCCCO5)C4)nc3)cc21. The first kappa shape index (κ1) is 22.5. The van der Waals surface area contributed by atoms with Gasteiger partial charge in [0.1, 0.15) is 6.10 Å². The Hall–Kier alpha value is -3.00. The summed E-state index contributed by atoms with van der Waals surface area (Å²) in [5.41, 5.74) is 4.57. The summed E-state index contributed by atoms with van der Waals surface area (Å²) in [6, 6.07) is 12.6. The van der Waals surface area contributed by atoms with E-state index in [-0.39, 0.29) is 18.5 Å². The number of rotatable bonds is 8. The molecule has 1 atom stereocenters. The summed E-state index contributed by atoms with van der Waals surface area (Å²) in [5, 5.41) is 2.38. The topological polar surface area (TPSA) is 67.6 Å². The molecule has 182 valence electrons. The lowest BCUT2D eigenvalue weighted by Crippen LogP contribution is -2.40. The van der Waals surface area contributed by atoms with Gasteiger partial charge in [0.2, 0.25) is 5.88 Å². The standard InChI is InChI=1S/C28H31N3O4/c1-31-25-9-10-29-18-24(25)23-7-5-19(14-26(23)31)20-6-8-27(30-17-20)35-22-15-21(16-22)32-12-13-34-28-4-2-3-11-33-28/h5-10,14,17-18,21-22,28H,2-4,11-13,15-16H2,1H3/t21-,22-,28?. The molecule has 1 aliphatic heterocycles. The van der Waals surface area contributed by atoms with Crippen LogP contribution in [0.5, 0.6) is 5.88 Å². The van der Waals surface area contributed by atoms with Crippen molar-refractivity contribution in [3.63, 3.8) is 0 Å². The van der Waals surface area contributed by atoms with Gasteiger partial charge in [-0.1, -0.05) is 12.1 Å². The lowest BCUT2D eigenvalue weighted by molar-refractivity contribution is -0.175. The average Bonchev–Trinajstić information content (AvgIpc) is 3.17. The van der Waals surface area contributed by atoms with Gasteiger partial charge in [-0.05, 0) is 43.0 Å². The quantitative estimate of drug-likeness (QED) is 0.325. The number of aromatic nitrogens is 3. The van der Waals surface area contributed by atoms with Gasteiger partial charge in [0.25, 0.3) is 0 Å². The Labute approximate surface area is 205 Å². The summed E-state index contributed by atoms with van der Waals surface area (Å²) in [6.07, 6.45) is 11.1. The largest absolute Gasteiger partial charge is 0.474 e. The Bertz CT molecular complexity index is 1290. The summed E-state index contributed by atoms with van der Waals surface area (Å²) in [5.74, 6) is 0.659. The minimum atomic E-state index is -0.0508. The molecule has 3 aromatic heterocycles. The fourth-order valence-electron chi connectivity index (χ4n) is 5.01. The predicted molar refractivity (Wildman–Crippen MR) is 134 cm³/mol. The van der Waals surface area contributed by atoms with Gasteiger partial charge in [0.15, 0.2) is 6.29 Å². The van der Waals surface area contributed by atoms with Crippen LogP contribution < -0.4 is 4.74 Å². The Morgan fingerprint density at radius 3 is 2.63 bits per heavy atom. The minimum Gasteiger partial charge on any atom is -0.474 e. The van der Waals surface area contributed by atoms with Gasteiger partial charge in [0.05, 0.1) is 24.8 Å². The number of fused-ring (bicyclic) bond motifs is 3. The number of ether oxygens (including phenoxy) is 4. The summed E-state index contributed by atoms with van der Waals surface area (Å²) in [7, 11) is 2.09. The van der Waals surface area contributed by atoms with Crippen molar-refractivity contribution >= 4 is 21.8 Å². The maximum Gasteiger partial charge on any atom is 0.213 e. The van der Waals surface area contributed by atoms with E-state index in [4.69, 9.17) is 18.9 Å². The number of hydrogen-bond donors (Lipinski definition) is 0. The van der Waals surface area contributed by atoms with Crippen LogP contribution in [0, 0.1) is 0 Å². The lowest BCUT2D eigenvalue weighted by Gasteiger charge is -2.34. The molecule has 0 amide bonds. The smallest absolute Gasteiger partial charge is 0.213 e. The zero-order valence-electron chi connectivity index (χ0n) is 20.1. The van der Waals surface area contributed by atoms with Gasteiger partial charge in [-0.15, -0.1) is 0 Å². The highest BCUT2D eigenvalue weighted by Crippen LogP contribution is 2.32. The number of nitrogens with zero attached hydrogens (tertiary/aromatic N) is 3. The molecule has 2 aliphatic rings. The lowest BCUT2D eigenvalue weighted by atomic mass is 9.92. The molecule has 0 N–H and O–H groups in total. The molecule has 0 radical (unpaired) electrons. The Morgan fingerprint density at radius 1 is 0.914 bits per heavy atom. The van der Waals surface area contributed by atoms with E-state index in [0.29, 0.717) is 19.1 Å². The minimum absolute atomic E-state index is 0.0508. The molecule has 4 aromatic rings. The molecule has 0 spiro atoms. The Balaban J connectivity index is 1.01. The molecule has 7 heteroatoms. The Kier molecular flexibility index (Phi) is 6.37. The van der Waals surface area contributed by atoms with Crippen LogP contribution in [0.1, 0.15) is 32.1 Å². The van der Waals surface area contributed by atoms with E-state index in [1.165, 1.54) is 28.2 Å². The first-order valence-electron chi connectivity index (χ1n) is 12.5. The number of benzene rings is 1. The fraction of sp³-hybridized carbons (Fsp3) is 0.429. The van der Waals surface area contributed by atoms with Gasteiger partial charge in [-0.3, -0.25) is 4.98 Å². The summed E-state index contributed by atoms with van der Waals surface area (Å²) < 4.78 is 25.5. The van der Waals surface area contributed by atoms with Crippen molar-refractivity contribution < 1.29 is 18.9 Å². The van der Waals surface area contributed by atoms with Crippen LogP contribution >= 0.6 is 0 Å². The Morgan fingerprint density at radius 2 is 1.80 bits per heavy atom. The highest BCUT2D eigenvalue weighted by molar-refractivity contribution is 6.08. The van der Waals surface area contributed by atoms with Crippen molar-refractivity contribution in [1.82, 2.24) is 14.5 Å². The molecule has 1 unspecified atom stereocenters. The second-order valence-corrected chi connectivity index (χ2v) is 9.44. The van der Waals surface area contributed by atoms with Crippen molar-refractivity contribution in [3.05, 3.63) is 55.0 Å². The van der Waals surface area contributed by atoms with Crippen molar-refractivity contribution in [3.8, 4) is 17.0 Å². The fourth-order valence-corrected chi connectivity index (χ4v) is 5.01. The van der Waals surface area contributed by atoms with Gasteiger partial charge >= 0.3 is 0 Å². The molecular formula is C28H31N3O4. The van der Waals surface area contributed by atoms with E-state index in [1.54, 1.807) is 0 Å². The molecule has 4 heterocycles. The van der Waals surface area contributed by atoms with Crippen molar-refractivity contribution in [2.75, 3.05) is 19.8 Å². The van der Waals surface area contributed by atoms with Gasteiger partial charge in [-0.25, -0.2) is 4.98 Å². The first-order valence-corrected chi connectivity index (χ1v) is 12.5. The number of hydrogen-bond acceptors (Lipinski definition) is 6. The molecule has 1 saturated heterocycles. The molecule has 1 aromatic carbocycles. The molecule has 0 bridgehead atoms. The zero-order valence-corrected chi connectivity index (χ0v) is 20.1. The average molecular weight is 474 g/mol. The monoisotopic (exact) mass is 473 g/mol.